The maximum Gasteiger partial charge on any atom is 0.253 e. The van der Waals surface area contributed by atoms with Crippen molar-refractivity contribution < 1.29 is 14.7 Å². The Kier molecular flexibility index (Phi) is 7.51. The molecule has 3 rings (SSSR count). The first-order valence-electron chi connectivity index (χ1n) is 10.5. The van der Waals surface area contributed by atoms with Gasteiger partial charge in [0.2, 0.25) is 5.91 Å². The van der Waals surface area contributed by atoms with Crippen molar-refractivity contribution in [1.29, 1.82) is 0 Å². The van der Waals surface area contributed by atoms with Gasteiger partial charge in [0.1, 0.15) is 6.04 Å². The zero-order chi connectivity index (χ0) is 21.7. The second kappa shape index (κ2) is 10.1. The number of likely N-dealkylation sites (tertiary alicyclic amines) is 1. The summed E-state index contributed by atoms with van der Waals surface area (Å²) in [6, 6.07) is 15.6. The highest BCUT2D eigenvalue weighted by atomic mass is 35.5. The summed E-state index contributed by atoms with van der Waals surface area (Å²) < 4.78 is 0. The molecule has 0 saturated carbocycles. The Hall–Kier alpha value is -2.37. The highest BCUT2D eigenvalue weighted by Crippen LogP contribution is 2.28. The maximum absolute atomic E-state index is 13.4. The summed E-state index contributed by atoms with van der Waals surface area (Å²) in [6.07, 6.45) is 1.60. The number of carbonyl (C=O) groups excluding carboxylic acids is 2. The summed E-state index contributed by atoms with van der Waals surface area (Å²) >= 11 is 6.14. The van der Waals surface area contributed by atoms with Gasteiger partial charge in [0.05, 0.1) is 16.7 Å². The Balaban J connectivity index is 1.71. The van der Waals surface area contributed by atoms with Crippen molar-refractivity contribution in [3.8, 4) is 0 Å². The zero-order valence-corrected chi connectivity index (χ0v) is 18.2. The minimum atomic E-state index is -0.650. The van der Waals surface area contributed by atoms with Gasteiger partial charge in [0.15, 0.2) is 0 Å². The van der Waals surface area contributed by atoms with Gasteiger partial charge in [-0.25, -0.2) is 0 Å². The average molecular weight is 429 g/mol. The van der Waals surface area contributed by atoms with Crippen molar-refractivity contribution in [3.63, 3.8) is 0 Å². The van der Waals surface area contributed by atoms with Crippen LogP contribution in [0, 0.1) is 5.92 Å². The van der Waals surface area contributed by atoms with E-state index in [4.69, 9.17) is 11.6 Å². The van der Waals surface area contributed by atoms with E-state index in [0.29, 0.717) is 23.6 Å². The van der Waals surface area contributed by atoms with Gasteiger partial charge in [-0.2, -0.15) is 0 Å². The molecule has 1 fully saturated rings. The number of aliphatic hydroxyl groups excluding tert-OH is 1. The second-order valence-corrected chi connectivity index (χ2v) is 8.57. The molecule has 1 aliphatic rings. The molecule has 2 aromatic carbocycles. The van der Waals surface area contributed by atoms with Crippen LogP contribution >= 0.6 is 11.6 Å². The number of halogens is 1. The maximum atomic E-state index is 13.4. The van der Waals surface area contributed by atoms with Crippen LogP contribution in [0.15, 0.2) is 54.6 Å². The Bertz CT molecular complexity index is 872. The first-order chi connectivity index (χ1) is 14.4. The van der Waals surface area contributed by atoms with E-state index in [0.717, 1.165) is 18.4 Å². The van der Waals surface area contributed by atoms with Crippen LogP contribution in [-0.2, 0) is 4.79 Å². The molecule has 160 valence electrons. The van der Waals surface area contributed by atoms with Gasteiger partial charge in [-0.05, 0) is 42.9 Å². The lowest BCUT2D eigenvalue weighted by molar-refractivity contribution is -0.135. The van der Waals surface area contributed by atoms with E-state index in [9.17, 15) is 14.7 Å². The fourth-order valence-corrected chi connectivity index (χ4v) is 4.22. The van der Waals surface area contributed by atoms with Gasteiger partial charge in [-0.1, -0.05) is 67.9 Å². The third-order valence-corrected chi connectivity index (χ3v) is 6.01. The number of aliphatic hydroxyl groups is 1. The van der Waals surface area contributed by atoms with E-state index in [-0.39, 0.29) is 23.8 Å². The lowest BCUT2D eigenvalue weighted by Gasteiger charge is -2.32. The van der Waals surface area contributed by atoms with Crippen molar-refractivity contribution in [1.82, 2.24) is 10.2 Å². The summed E-state index contributed by atoms with van der Waals surface area (Å²) in [6.45, 7) is 4.47. The number of amides is 2. The van der Waals surface area contributed by atoms with E-state index >= 15 is 0 Å². The fourth-order valence-electron chi connectivity index (χ4n) is 4.00. The summed E-state index contributed by atoms with van der Waals surface area (Å²) in [5.74, 6) is -0.537. The Labute approximate surface area is 183 Å². The summed E-state index contributed by atoms with van der Waals surface area (Å²) in [4.78, 5) is 27.9. The number of rotatable bonds is 7. The van der Waals surface area contributed by atoms with Crippen LogP contribution in [0.3, 0.4) is 0 Å². The number of benzene rings is 2. The second-order valence-electron chi connectivity index (χ2n) is 8.16. The molecule has 2 amide bonds. The summed E-state index contributed by atoms with van der Waals surface area (Å²) in [7, 11) is 0. The number of carbonyl (C=O) groups is 2. The van der Waals surface area contributed by atoms with Crippen molar-refractivity contribution >= 4 is 23.4 Å². The van der Waals surface area contributed by atoms with Crippen LogP contribution in [0.1, 0.15) is 55.1 Å². The predicted molar refractivity (Wildman–Crippen MR) is 118 cm³/mol. The molecule has 3 atom stereocenters. The Morgan fingerprint density at radius 3 is 2.47 bits per heavy atom. The molecule has 0 aromatic heterocycles. The van der Waals surface area contributed by atoms with E-state index < -0.39 is 12.1 Å². The molecule has 0 spiro atoms. The Morgan fingerprint density at radius 2 is 1.80 bits per heavy atom. The van der Waals surface area contributed by atoms with Crippen LogP contribution in [0.5, 0.6) is 0 Å². The van der Waals surface area contributed by atoms with Crippen LogP contribution in [-0.4, -0.2) is 40.4 Å². The molecule has 30 heavy (non-hydrogen) atoms. The number of hydrogen-bond acceptors (Lipinski definition) is 3. The normalized spacial score (nSPS) is 18.3. The first-order valence-corrected chi connectivity index (χ1v) is 10.8. The molecule has 1 aliphatic heterocycles. The first kappa shape index (κ1) is 22.3. The molecule has 2 N–H and O–H groups in total. The summed E-state index contributed by atoms with van der Waals surface area (Å²) in [5.41, 5.74) is 1.21. The zero-order valence-electron chi connectivity index (χ0n) is 17.4. The molecular weight excluding hydrogens is 400 g/mol. The average Bonchev–Trinajstić information content (AvgIpc) is 3.20. The number of nitrogens with zero attached hydrogens (tertiary/aromatic N) is 1. The third-order valence-electron chi connectivity index (χ3n) is 5.68. The minimum Gasteiger partial charge on any atom is -0.388 e. The van der Waals surface area contributed by atoms with Crippen molar-refractivity contribution in [3.05, 3.63) is 70.7 Å². The van der Waals surface area contributed by atoms with E-state index in [1.807, 2.05) is 49.1 Å². The van der Waals surface area contributed by atoms with E-state index in [1.165, 1.54) is 0 Å². The lowest BCUT2D eigenvalue weighted by Crippen LogP contribution is -2.52. The predicted octanol–water partition coefficient (Wildman–Crippen LogP) is 4.21. The quantitative estimate of drug-likeness (QED) is 0.694. The molecule has 0 unspecified atom stereocenters. The van der Waals surface area contributed by atoms with Crippen LogP contribution in [0.2, 0.25) is 5.02 Å². The highest BCUT2D eigenvalue weighted by Gasteiger charge is 2.36. The Morgan fingerprint density at radius 1 is 1.13 bits per heavy atom. The third kappa shape index (κ3) is 5.21. The smallest absolute Gasteiger partial charge is 0.253 e. The SMILES string of the molecule is CC(C)[C@H](NC(=O)c1ccccc1Cl)C(=O)N1CCC[C@@H]1C[C@H](O)c1ccccc1. The van der Waals surface area contributed by atoms with E-state index in [2.05, 4.69) is 5.32 Å². The monoisotopic (exact) mass is 428 g/mol. The van der Waals surface area contributed by atoms with Gasteiger partial charge < -0.3 is 15.3 Å². The van der Waals surface area contributed by atoms with Crippen LogP contribution in [0.4, 0.5) is 0 Å². The van der Waals surface area contributed by atoms with Gasteiger partial charge in [-0.3, -0.25) is 9.59 Å². The molecule has 0 radical (unpaired) electrons. The lowest BCUT2D eigenvalue weighted by atomic mass is 9.98. The van der Waals surface area contributed by atoms with Gasteiger partial charge >= 0.3 is 0 Å². The number of nitrogens with one attached hydrogen (secondary N) is 1. The van der Waals surface area contributed by atoms with Crippen LogP contribution in [0.25, 0.3) is 0 Å². The summed E-state index contributed by atoms with van der Waals surface area (Å²) in [5, 5.41) is 13.9. The van der Waals surface area contributed by atoms with Crippen molar-refractivity contribution in [2.45, 2.75) is 51.3 Å². The standard InChI is InChI=1S/C24H29ClN2O3/c1-16(2)22(26-23(29)19-12-6-7-13-20(19)25)24(30)27-14-8-11-18(27)15-21(28)17-9-4-3-5-10-17/h3-7,9-10,12-13,16,18,21-22,28H,8,11,14-15H2,1-2H3,(H,26,29)/t18-,21+,22+/m1/s1. The number of hydrogen-bond donors (Lipinski definition) is 2. The van der Waals surface area contributed by atoms with Crippen LogP contribution < -0.4 is 5.32 Å². The van der Waals surface area contributed by atoms with Gasteiger partial charge in [-0.15, -0.1) is 0 Å². The molecule has 6 heteroatoms. The minimum absolute atomic E-state index is 0.0498. The molecule has 0 bridgehead atoms. The fraction of sp³-hybridized carbons (Fsp3) is 0.417. The van der Waals surface area contributed by atoms with Gasteiger partial charge in [0, 0.05) is 12.6 Å². The molecule has 0 aliphatic carbocycles. The molecule has 2 aromatic rings. The van der Waals surface area contributed by atoms with Gasteiger partial charge in [0.25, 0.3) is 5.91 Å². The highest BCUT2D eigenvalue weighted by molar-refractivity contribution is 6.33. The van der Waals surface area contributed by atoms with E-state index in [1.54, 1.807) is 24.3 Å². The molecule has 1 saturated heterocycles. The molecule has 5 nitrogen and oxygen atoms in total. The molecular formula is C24H29ClN2O3. The van der Waals surface area contributed by atoms with Crippen molar-refractivity contribution in [2.24, 2.45) is 5.92 Å². The topological polar surface area (TPSA) is 69.6 Å². The largest absolute Gasteiger partial charge is 0.388 e. The molecule has 1 heterocycles. The van der Waals surface area contributed by atoms with Crippen molar-refractivity contribution in [2.75, 3.05) is 6.54 Å².